The highest BCUT2D eigenvalue weighted by atomic mass is 35.5. The third-order valence-electron chi connectivity index (χ3n) is 5.38. The third kappa shape index (κ3) is 4.82. The van der Waals surface area contributed by atoms with Crippen LogP contribution >= 0.6 is 11.6 Å². The van der Waals surface area contributed by atoms with E-state index < -0.39 is 10.0 Å². The summed E-state index contributed by atoms with van der Waals surface area (Å²) in [4.78, 5) is 12.9. The number of hydrogen-bond donors (Lipinski definition) is 1. The van der Waals surface area contributed by atoms with Gasteiger partial charge in [0.25, 0.3) is 5.91 Å². The number of amides is 1. The summed E-state index contributed by atoms with van der Waals surface area (Å²) in [7, 11) is -3.60. The Hall–Kier alpha value is -1.89. The minimum atomic E-state index is -3.60. The zero-order valence-electron chi connectivity index (χ0n) is 16.9. The van der Waals surface area contributed by atoms with Crippen LogP contribution in [0.4, 0.5) is 0 Å². The molecule has 0 unspecified atom stereocenters. The van der Waals surface area contributed by atoms with Gasteiger partial charge in [0.2, 0.25) is 10.0 Å². The summed E-state index contributed by atoms with van der Waals surface area (Å²) >= 11 is 6.22. The summed E-state index contributed by atoms with van der Waals surface area (Å²) in [5.74, 6) is -0.377. The van der Waals surface area contributed by atoms with Gasteiger partial charge in [0.1, 0.15) is 0 Å². The van der Waals surface area contributed by atoms with Crippen LogP contribution in [0.1, 0.15) is 53.7 Å². The number of halogens is 1. The van der Waals surface area contributed by atoms with Crippen LogP contribution in [-0.2, 0) is 29.4 Å². The molecule has 1 N–H and O–H groups in total. The van der Waals surface area contributed by atoms with Gasteiger partial charge in [-0.3, -0.25) is 4.79 Å². The molecular formula is C22H27ClN2O3S. The maximum Gasteiger partial charge on any atom is 0.253 e. The zero-order chi connectivity index (χ0) is 21.0. The van der Waals surface area contributed by atoms with Crippen molar-refractivity contribution in [2.45, 2.75) is 51.0 Å². The van der Waals surface area contributed by atoms with Gasteiger partial charge in [0.15, 0.2) is 0 Å². The number of aryl methyl sites for hydroxylation is 2. The van der Waals surface area contributed by atoms with Crippen LogP contribution in [0.25, 0.3) is 0 Å². The van der Waals surface area contributed by atoms with Gasteiger partial charge >= 0.3 is 0 Å². The smallest absolute Gasteiger partial charge is 0.253 e. The number of hydrogen-bond acceptors (Lipinski definition) is 3. The summed E-state index contributed by atoms with van der Waals surface area (Å²) in [6.45, 7) is 5.57. The Balaban J connectivity index is 1.81. The molecule has 0 atom stereocenters. The molecule has 0 bridgehead atoms. The summed E-state index contributed by atoms with van der Waals surface area (Å²) < 4.78 is 27.1. The lowest BCUT2D eigenvalue weighted by atomic mass is 10.0. The molecule has 1 aliphatic heterocycles. The SMILES string of the molecule is CCc1ccc(CC)c(CNC(=O)c2cc(S(=O)(=O)N3CCCC3)ccc2Cl)c1. The van der Waals surface area contributed by atoms with E-state index in [1.807, 2.05) is 0 Å². The second kappa shape index (κ2) is 9.28. The molecule has 2 aromatic carbocycles. The lowest BCUT2D eigenvalue weighted by Gasteiger charge is -2.17. The highest BCUT2D eigenvalue weighted by molar-refractivity contribution is 7.89. The fourth-order valence-corrected chi connectivity index (χ4v) is 5.34. The Morgan fingerprint density at radius 3 is 2.41 bits per heavy atom. The summed E-state index contributed by atoms with van der Waals surface area (Å²) in [5, 5.41) is 3.14. The Bertz CT molecular complexity index is 999. The van der Waals surface area contributed by atoms with Crippen LogP contribution in [-0.4, -0.2) is 31.7 Å². The number of nitrogens with one attached hydrogen (secondary N) is 1. The molecule has 0 spiro atoms. The standard InChI is InChI=1S/C22H27ClN2O3S/c1-3-16-7-8-17(4-2)18(13-16)15-24-22(26)20-14-19(9-10-21(20)23)29(27,28)25-11-5-6-12-25/h7-10,13-14H,3-6,11-12,15H2,1-2H3,(H,24,26). The van der Waals surface area contributed by atoms with Crippen LogP contribution < -0.4 is 5.32 Å². The Labute approximate surface area is 178 Å². The van der Waals surface area contributed by atoms with Gasteiger partial charge in [-0.15, -0.1) is 0 Å². The lowest BCUT2D eigenvalue weighted by Crippen LogP contribution is -2.28. The van der Waals surface area contributed by atoms with Crippen molar-refractivity contribution in [1.29, 1.82) is 0 Å². The molecule has 29 heavy (non-hydrogen) atoms. The molecule has 156 valence electrons. The zero-order valence-corrected chi connectivity index (χ0v) is 18.4. The second-order valence-electron chi connectivity index (χ2n) is 7.25. The number of sulfonamides is 1. The molecule has 0 radical (unpaired) electrons. The van der Waals surface area contributed by atoms with E-state index in [4.69, 9.17) is 11.6 Å². The first-order valence-electron chi connectivity index (χ1n) is 10.1. The van der Waals surface area contributed by atoms with Crippen molar-refractivity contribution in [1.82, 2.24) is 9.62 Å². The van der Waals surface area contributed by atoms with Crippen LogP contribution in [0.5, 0.6) is 0 Å². The Morgan fingerprint density at radius 2 is 1.76 bits per heavy atom. The minimum Gasteiger partial charge on any atom is -0.348 e. The van der Waals surface area contributed by atoms with Gasteiger partial charge in [-0.25, -0.2) is 8.42 Å². The number of nitrogens with zero attached hydrogens (tertiary/aromatic N) is 1. The fraction of sp³-hybridized carbons (Fsp3) is 0.409. The van der Waals surface area contributed by atoms with Crippen molar-refractivity contribution >= 4 is 27.5 Å². The van der Waals surface area contributed by atoms with E-state index in [1.54, 1.807) is 0 Å². The highest BCUT2D eigenvalue weighted by Gasteiger charge is 2.28. The van der Waals surface area contributed by atoms with E-state index in [1.165, 1.54) is 33.6 Å². The molecule has 2 aromatic rings. The highest BCUT2D eigenvalue weighted by Crippen LogP contribution is 2.25. The predicted octanol–water partition coefficient (Wildman–Crippen LogP) is 4.18. The van der Waals surface area contributed by atoms with E-state index in [2.05, 4.69) is 37.4 Å². The average Bonchev–Trinajstić information content (AvgIpc) is 3.27. The van der Waals surface area contributed by atoms with Crippen LogP contribution in [0.3, 0.4) is 0 Å². The van der Waals surface area contributed by atoms with E-state index in [0.717, 1.165) is 31.2 Å². The van der Waals surface area contributed by atoms with Gasteiger partial charge in [-0.2, -0.15) is 4.31 Å². The monoisotopic (exact) mass is 434 g/mol. The summed E-state index contributed by atoms with van der Waals surface area (Å²) in [6, 6.07) is 10.6. The topological polar surface area (TPSA) is 66.5 Å². The maximum atomic E-state index is 12.8. The van der Waals surface area contributed by atoms with Crippen molar-refractivity contribution in [2.24, 2.45) is 0 Å². The lowest BCUT2D eigenvalue weighted by molar-refractivity contribution is 0.0950. The molecule has 1 amide bonds. The fourth-order valence-electron chi connectivity index (χ4n) is 3.60. The molecule has 7 heteroatoms. The Morgan fingerprint density at radius 1 is 1.03 bits per heavy atom. The van der Waals surface area contributed by atoms with E-state index in [0.29, 0.717) is 19.6 Å². The summed E-state index contributed by atoms with van der Waals surface area (Å²) in [5.41, 5.74) is 3.64. The second-order valence-corrected chi connectivity index (χ2v) is 9.59. The number of rotatable bonds is 7. The van der Waals surface area contributed by atoms with Gasteiger partial charge in [-0.1, -0.05) is 43.6 Å². The normalized spacial score (nSPS) is 14.9. The predicted molar refractivity (Wildman–Crippen MR) is 116 cm³/mol. The summed E-state index contributed by atoms with van der Waals surface area (Å²) in [6.07, 6.45) is 3.51. The largest absolute Gasteiger partial charge is 0.348 e. The Kier molecular flexibility index (Phi) is 6.98. The molecule has 1 fully saturated rings. The van der Waals surface area contributed by atoms with E-state index >= 15 is 0 Å². The van der Waals surface area contributed by atoms with E-state index in [9.17, 15) is 13.2 Å². The first-order valence-corrected chi connectivity index (χ1v) is 11.9. The number of carbonyl (C=O) groups is 1. The van der Waals surface area contributed by atoms with Crippen molar-refractivity contribution in [3.8, 4) is 0 Å². The number of benzene rings is 2. The minimum absolute atomic E-state index is 0.108. The van der Waals surface area contributed by atoms with Crippen molar-refractivity contribution in [3.63, 3.8) is 0 Å². The maximum absolute atomic E-state index is 12.8. The van der Waals surface area contributed by atoms with Crippen molar-refractivity contribution in [2.75, 3.05) is 13.1 Å². The van der Waals surface area contributed by atoms with Gasteiger partial charge < -0.3 is 5.32 Å². The molecule has 0 aliphatic carbocycles. The first-order chi connectivity index (χ1) is 13.9. The van der Waals surface area contributed by atoms with Crippen LogP contribution in [0.15, 0.2) is 41.3 Å². The molecule has 1 aliphatic rings. The average molecular weight is 435 g/mol. The van der Waals surface area contributed by atoms with Crippen LogP contribution in [0.2, 0.25) is 5.02 Å². The molecular weight excluding hydrogens is 408 g/mol. The molecule has 3 rings (SSSR count). The van der Waals surface area contributed by atoms with Crippen molar-refractivity contribution in [3.05, 3.63) is 63.7 Å². The first kappa shape index (κ1) is 21.8. The van der Waals surface area contributed by atoms with Crippen LogP contribution in [0, 0.1) is 0 Å². The number of carbonyl (C=O) groups excluding carboxylic acids is 1. The molecule has 0 saturated carbocycles. The molecule has 1 saturated heterocycles. The molecule has 1 heterocycles. The van der Waals surface area contributed by atoms with Gasteiger partial charge in [0, 0.05) is 19.6 Å². The van der Waals surface area contributed by atoms with Crippen molar-refractivity contribution < 1.29 is 13.2 Å². The third-order valence-corrected chi connectivity index (χ3v) is 7.61. The molecule has 0 aromatic heterocycles. The molecule has 5 nitrogen and oxygen atoms in total. The van der Waals surface area contributed by atoms with E-state index in [-0.39, 0.29) is 21.4 Å². The quantitative estimate of drug-likeness (QED) is 0.710. The van der Waals surface area contributed by atoms with Gasteiger partial charge in [0.05, 0.1) is 15.5 Å². The van der Waals surface area contributed by atoms with Gasteiger partial charge in [-0.05, 0) is 60.6 Å².